The Hall–Kier alpha value is -3.36. The standard InChI is InChI=1S/C23H18F6N2O/c1-14-5-7-16(8-6-14)21-19(4-3-9-30-21)31(2)20(32)12-15-10-17(22(24,25)26)13-18(11-15)23(27,28)29/h3-11,13H,12H2,1-2H3. The third kappa shape index (κ3) is 5.27. The van der Waals surface area contributed by atoms with Crippen LogP contribution in [0.2, 0.25) is 0 Å². The Bertz CT molecular complexity index is 1090. The van der Waals surface area contributed by atoms with Gasteiger partial charge in [-0.2, -0.15) is 26.3 Å². The predicted octanol–water partition coefficient (Wildman–Crippen LogP) is 6.30. The van der Waals surface area contributed by atoms with E-state index in [-0.39, 0.29) is 11.6 Å². The van der Waals surface area contributed by atoms with Crippen LogP contribution in [-0.2, 0) is 23.6 Å². The van der Waals surface area contributed by atoms with E-state index >= 15 is 0 Å². The second-order valence-corrected chi connectivity index (χ2v) is 7.28. The molecule has 0 saturated heterocycles. The number of nitrogens with zero attached hydrogens (tertiary/aromatic N) is 2. The number of alkyl halides is 6. The molecule has 0 bridgehead atoms. The molecule has 0 atom stereocenters. The van der Waals surface area contributed by atoms with Crippen LogP contribution in [0.4, 0.5) is 32.0 Å². The fourth-order valence-electron chi connectivity index (χ4n) is 3.15. The molecule has 0 radical (unpaired) electrons. The van der Waals surface area contributed by atoms with Gasteiger partial charge in [-0.3, -0.25) is 9.78 Å². The lowest BCUT2D eigenvalue weighted by Crippen LogP contribution is -2.28. The average molecular weight is 452 g/mol. The number of benzene rings is 2. The lowest BCUT2D eigenvalue weighted by atomic mass is 10.0. The highest BCUT2D eigenvalue weighted by molar-refractivity contribution is 5.97. The Morgan fingerprint density at radius 3 is 2.00 bits per heavy atom. The second-order valence-electron chi connectivity index (χ2n) is 7.28. The van der Waals surface area contributed by atoms with Crippen molar-refractivity contribution >= 4 is 11.6 Å². The van der Waals surface area contributed by atoms with Gasteiger partial charge in [0.05, 0.1) is 28.9 Å². The van der Waals surface area contributed by atoms with Crippen molar-refractivity contribution in [2.45, 2.75) is 25.7 Å². The molecule has 0 aliphatic carbocycles. The first-order valence-electron chi connectivity index (χ1n) is 9.43. The molecule has 1 heterocycles. The zero-order chi connectivity index (χ0) is 23.7. The molecule has 0 aliphatic heterocycles. The van der Waals surface area contributed by atoms with Gasteiger partial charge in [-0.25, -0.2) is 0 Å². The van der Waals surface area contributed by atoms with Gasteiger partial charge in [0.25, 0.3) is 0 Å². The van der Waals surface area contributed by atoms with Crippen molar-refractivity contribution in [2.75, 3.05) is 11.9 Å². The largest absolute Gasteiger partial charge is 0.416 e. The fourth-order valence-corrected chi connectivity index (χ4v) is 3.15. The second kappa shape index (κ2) is 8.64. The molecular weight excluding hydrogens is 434 g/mol. The van der Waals surface area contributed by atoms with Gasteiger partial charge < -0.3 is 4.90 Å². The average Bonchev–Trinajstić information content (AvgIpc) is 2.72. The van der Waals surface area contributed by atoms with E-state index in [9.17, 15) is 31.1 Å². The molecule has 0 aliphatic rings. The molecule has 1 aromatic heterocycles. The quantitative estimate of drug-likeness (QED) is 0.436. The molecule has 0 spiro atoms. The van der Waals surface area contributed by atoms with E-state index in [0.29, 0.717) is 29.1 Å². The van der Waals surface area contributed by atoms with Crippen LogP contribution in [0, 0.1) is 6.92 Å². The maximum Gasteiger partial charge on any atom is 0.416 e. The van der Waals surface area contributed by atoms with Gasteiger partial charge in [0, 0.05) is 18.8 Å². The monoisotopic (exact) mass is 452 g/mol. The first kappa shape index (κ1) is 23.3. The van der Waals surface area contributed by atoms with Crippen molar-refractivity contribution in [1.29, 1.82) is 0 Å². The Labute approximate surface area is 180 Å². The highest BCUT2D eigenvalue weighted by Gasteiger charge is 2.37. The third-order valence-corrected chi connectivity index (χ3v) is 4.85. The summed E-state index contributed by atoms with van der Waals surface area (Å²) < 4.78 is 78.6. The van der Waals surface area contributed by atoms with Crippen molar-refractivity contribution in [2.24, 2.45) is 0 Å². The number of rotatable bonds is 4. The summed E-state index contributed by atoms with van der Waals surface area (Å²) >= 11 is 0. The van der Waals surface area contributed by atoms with Crippen LogP contribution in [0.3, 0.4) is 0 Å². The molecule has 0 N–H and O–H groups in total. The van der Waals surface area contributed by atoms with E-state index in [1.54, 1.807) is 12.1 Å². The van der Waals surface area contributed by atoms with Crippen LogP contribution >= 0.6 is 0 Å². The van der Waals surface area contributed by atoms with Gasteiger partial charge in [0.1, 0.15) is 0 Å². The molecule has 32 heavy (non-hydrogen) atoms. The molecule has 9 heteroatoms. The Morgan fingerprint density at radius 1 is 0.906 bits per heavy atom. The SMILES string of the molecule is Cc1ccc(-c2ncccc2N(C)C(=O)Cc2cc(C(F)(F)F)cc(C(F)(F)F)c2)cc1. The van der Waals surface area contributed by atoms with Crippen LogP contribution in [0.25, 0.3) is 11.3 Å². The predicted molar refractivity (Wildman–Crippen MR) is 108 cm³/mol. The zero-order valence-electron chi connectivity index (χ0n) is 17.1. The summed E-state index contributed by atoms with van der Waals surface area (Å²) in [6.07, 6.45) is -9.08. The van der Waals surface area contributed by atoms with Gasteiger partial charge >= 0.3 is 12.4 Å². The minimum Gasteiger partial charge on any atom is -0.313 e. The summed E-state index contributed by atoms with van der Waals surface area (Å²) in [7, 11) is 1.40. The molecule has 0 fully saturated rings. The van der Waals surface area contributed by atoms with Gasteiger partial charge in [0.2, 0.25) is 5.91 Å². The smallest absolute Gasteiger partial charge is 0.313 e. The maximum absolute atomic E-state index is 13.1. The van der Waals surface area contributed by atoms with E-state index in [1.165, 1.54) is 18.1 Å². The molecule has 0 saturated carbocycles. The Kier molecular flexibility index (Phi) is 6.29. The molecule has 0 unspecified atom stereocenters. The molecule has 1 amide bonds. The van der Waals surface area contributed by atoms with Crippen LogP contribution in [0.15, 0.2) is 60.8 Å². The number of carbonyl (C=O) groups excluding carboxylic acids is 1. The molecule has 3 aromatic rings. The van der Waals surface area contributed by atoms with E-state index in [1.807, 2.05) is 31.2 Å². The number of anilines is 1. The van der Waals surface area contributed by atoms with Crippen molar-refractivity contribution in [3.8, 4) is 11.3 Å². The summed E-state index contributed by atoms with van der Waals surface area (Å²) in [6.45, 7) is 1.91. The summed E-state index contributed by atoms with van der Waals surface area (Å²) in [6, 6.07) is 11.7. The molecule has 3 nitrogen and oxygen atoms in total. The number of aryl methyl sites for hydroxylation is 1. The van der Waals surface area contributed by atoms with Crippen molar-refractivity contribution in [1.82, 2.24) is 4.98 Å². The summed E-state index contributed by atoms with van der Waals surface area (Å²) in [5.74, 6) is -0.682. The summed E-state index contributed by atoms with van der Waals surface area (Å²) in [4.78, 5) is 18.3. The van der Waals surface area contributed by atoms with Crippen LogP contribution < -0.4 is 4.90 Å². The molecule has 3 rings (SSSR count). The highest BCUT2D eigenvalue weighted by Crippen LogP contribution is 2.36. The number of aromatic nitrogens is 1. The normalized spacial score (nSPS) is 12.0. The molecule has 168 valence electrons. The lowest BCUT2D eigenvalue weighted by molar-refractivity contribution is -0.143. The Balaban J connectivity index is 1.94. The number of hydrogen-bond donors (Lipinski definition) is 0. The maximum atomic E-state index is 13.1. The van der Waals surface area contributed by atoms with Crippen molar-refractivity contribution < 1.29 is 31.1 Å². The minimum atomic E-state index is -4.98. The third-order valence-electron chi connectivity index (χ3n) is 4.85. The van der Waals surface area contributed by atoms with Crippen molar-refractivity contribution in [3.05, 3.63) is 83.0 Å². The van der Waals surface area contributed by atoms with Gasteiger partial charge in [-0.05, 0) is 42.8 Å². The van der Waals surface area contributed by atoms with Crippen LogP contribution in [0.1, 0.15) is 22.3 Å². The van der Waals surface area contributed by atoms with Crippen LogP contribution in [-0.4, -0.2) is 17.9 Å². The number of halogens is 6. The summed E-state index contributed by atoms with van der Waals surface area (Å²) in [5, 5.41) is 0. The first-order valence-corrected chi connectivity index (χ1v) is 9.43. The zero-order valence-corrected chi connectivity index (χ0v) is 17.1. The highest BCUT2D eigenvalue weighted by atomic mass is 19.4. The first-order chi connectivity index (χ1) is 14.9. The van der Waals surface area contributed by atoms with Gasteiger partial charge in [-0.15, -0.1) is 0 Å². The van der Waals surface area contributed by atoms with E-state index < -0.39 is 35.8 Å². The number of amides is 1. The lowest BCUT2D eigenvalue weighted by Gasteiger charge is -2.21. The van der Waals surface area contributed by atoms with E-state index in [0.717, 1.165) is 5.56 Å². The fraction of sp³-hybridized carbons (Fsp3) is 0.217. The van der Waals surface area contributed by atoms with E-state index in [4.69, 9.17) is 0 Å². The minimum absolute atomic E-state index is 0.0360. The number of likely N-dealkylation sites (N-methyl/N-ethyl adjacent to an activating group) is 1. The topological polar surface area (TPSA) is 33.2 Å². The van der Waals surface area contributed by atoms with E-state index in [2.05, 4.69) is 4.98 Å². The number of pyridine rings is 1. The van der Waals surface area contributed by atoms with Crippen molar-refractivity contribution in [3.63, 3.8) is 0 Å². The summed E-state index contributed by atoms with van der Waals surface area (Å²) in [5.41, 5.74) is -0.735. The molecular formula is C23H18F6N2O. The molecule has 2 aromatic carbocycles. The van der Waals surface area contributed by atoms with Gasteiger partial charge in [0.15, 0.2) is 0 Å². The Morgan fingerprint density at radius 2 is 1.47 bits per heavy atom. The van der Waals surface area contributed by atoms with Crippen LogP contribution in [0.5, 0.6) is 0 Å². The van der Waals surface area contributed by atoms with Gasteiger partial charge in [-0.1, -0.05) is 29.8 Å². The number of hydrogen-bond acceptors (Lipinski definition) is 2. The number of carbonyl (C=O) groups is 1.